The molecule has 2 aromatic carbocycles. The second-order valence-corrected chi connectivity index (χ2v) is 9.45. The normalized spacial score (nSPS) is 21.8. The van der Waals surface area contributed by atoms with E-state index >= 15 is 0 Å². The van der Waals surface area contributed by atoms with E-state index in [1.165, 1.54) is 4.68 Å². The van der Waals surface area contributed by atoms with Gasteiger partial charge in [-0.1, -0.05) is 60.7 Å². The van der Waals surface area contributed by atoms with Gasteiger partial charge in [-0.3, -0.25) is 5.43 Å². The Bertz CT molecular complexity index is 1550. The van der Waals surface area contributed by atoms with E-state index in [9.17, 15) is 0 Å². The molecule has 5 N–H and O–H groups in total. The summed E-state index contributed by atoms with van der Waals surface area (Å²) in [4.78, 5) is 0. The van der Waals surface area contributed by atoms with Crippen LogP contribution in [0.3, 0.4) is 0 Å². The van der Waals surface area contributed by atoms with Crippen molar-refractivity contribution in [3.8, 4) is 28.5 Å². The highest BCUT2D eigenvalue weighted by Gasteiger charge is 2.44. The SMILES string of the molecule is NC(=S)N/N=C1/C[C@@H](n2nc(-n3nc(-c4ccccc4)cc3-c3ccccc3)n(N)c2=S)[C@@H]2CO[C@@H]1O2. The molecule has 4 aromatic rings. The van der Waals surface area contributed by atoms with E-state index in [-0.39, 0.29) is 17.3 Å². The maximum Gasteiger partial charge on any atom is 0.270 e. The number of benzene rings is 2. The van der Waals surface area contributed by atoms with Crippen LogP contribution in [0.15, 0.2) is 71.8 Å². The predicted molar refractivity (Wildman–Crippen MR) is 145 cm³/mol. The van der Waals surface area contributed by atoms with Crippen molar-refractivity contribution in [3.63, 3.8) is 0 Å². The van der Waals surface area contributed by atoms with Crippen molar-refractivity contribution in [1.29, 1.82) is 0 Å². The maximum atomic E-state index is 6.49. The van der Waals surface area contributed by atoms with Gasteiger partial charge in [-0.05, 0) is 30.5 Å². The molecule has 0 saturated carbocycles. The molecule has 6 rings (SSSR count). The molecule has 37 heavy (non-hydrogen) atoms. The lowest BCUT2D eigenvalue weighted by Crippen LogP contribution is -2.39. The predicted octanol–water partition coefficient (Wildman–Crippen LogP) is 2.52. The number of fused-ring (bicyclic) bond motifs is 2. The van der Waals surface area contributed by atoms with E-state index in [1.807, 2.05) is 66.7 Å². The molecule has 2 bridgehead atoms. The smallest absolute Gasteiger partial charge is 0.270 e. The molecule has 188 valence electrons. The van der Waals surface area contributed by atoms with Gasteiger partial charge in [0.05, 0.1) is 29.7 Å². The molecule has 2 aromatic heterocycles. The molecule has 11 nitrogen and oxygen atoms in total. The lowest BCUT2D eigenvalue weighted by molar-refractivity contribution is -0.0323. The summed E-state index contributed by atoms with van der Waals surface area (Å²) in [6.45, 7) is 0.366. The van der Waals surface area contributed by atoms with Crippen LogP contribution in [0.1, 0.15) is 12.5 Å². The lowest BCUT2D eigenvalue weighted by Gasteiger charge is -2.28. The van der Waals surface area contributed by atoms with Gasteiger partial charge in [0.2, 0.25) is 4.77 Å². The minimum Gasteiger partial charge on any atom is -0.375 e. The third kappa shape index (κ3) is 4.31. The van der Waals surface area contributed by atoms with Gasteiger partial charge in [0, 0.05) is 17.5 Å². The van der Waals surface area contributed by atoms with Crippen LogP contribution in [-0.2, 0) is 9.47 Å². The average Bonchev–Trinajstić information content (AvgIpc) is 3.62. The summed E-state index contributed by atoms with van der Waals surface area (Å²) in [5, 5.41) is 14.0. The van der Waals surface area contributed by atoms with Crippen LogP contribution < -0.4 is 17.0 Å². The summed E-state index contributed by atoms with van der Waals surface area (Å²) in [6.07, 6.45) is -0.370. The van der Waals surface area contributed by atoms with Crippen molar-refractivity contribution < 1.29 is 9.47 Å². The van der Waals surface area contributed by atoms with Gasteiger partial charge in [0.25, 0.3) is 5.95 Å². The number of ether oxygens (including phenoxy) is 2. The number of hydrogen-bond donors (Lipinski definition) is 3. The molecule has 2 fully saturated rings. The third-order valence-corrected chi connectivity index (χ3v) is 6.78. The molecule has 3 atom stereocenters. The number of hydrazone groups is 1. The first-order valence-corrected chi connectivity index (χ1v) is 12.4. The first-order valence-electron chi connectivity index (χ1n) is 11.6. The van der Waals surface area contributed by atoms with Crippen LogP contribution in [0, 0.1) is 4.77 Å². The van der Waals surface area contributed by atoms with E-state index in [0.29, 0.717) is 29.5 Å². The molecule has 0 amide bonds. The monoisotopic (exact) mass is 533 g/mol. The standard InChI is InChI=1S/C24H23N9O2S2/c25-22(36)28-27-17-12-19(20-13-34-21(17)35-20)33-24(37)31(26)23(30-33)32-18(15-9-5-2-6-10-15)11-16(29-32)14-7-3-1-4-8-14/h1-11,19-21H,12-13,26H2,(H3,25,28,36)/b27-17-/t19-,20+,21-/m1/s1. The zero-order valence-electron chi connectivity index (χ0n) is 19.5. The van der Waals surface area contributed by atoms with Crippen LogP contribution in [-0.4, -0.2) is 54.1 Å². The van der Waals surface area contributed by atoms with Gasteiger partial charge in [0.15, 0.2) is 11.4 Å². The fourth-order valence-electron chi connectivity index (χ4n) is 4.55. The molecule has 2 saturated heterocycles. The Hall–Kier alpha value is -3.91. The van der Waals surface area contributed by atoms with E-state index in [1.54, 1.807) is 9.36 Å². The minimum atomic E-state index is -0.569. The number of aromatic nitrogens is 5. The number of nitrogens with zero attached hydrogens (tertiary/aromatic N) is 6. The Morgan fingerprint density at radius 2 is 1.76 bits per heavy atom. The van der Waals surface area contributed by atoms with Gasteiger partial charge in [-0.15, -0.1) is 5.10 Å². The van der Waals surface area contributed by atoms with Crippen molar-refractivity contribution >= 4 is 35.3 Å². The first-order chi connectivity index (χ1) is 18.0. The molecule has 2 aliphatic heterocycles. The number of thiocarbonyl (C=S) groups is 1. The van der Waals surface area contributed by atoms with Gasteiger partial charge >= 0.3 is 0 Å². The molecule has 0 aliphatic carbocycles. The molecular formula is C24H23N9O2S2. The van der Waals surface area contributed by atoms with Crippen LogP contribution in [0.5, 0.6) is 0 Å². The second-order valence-electron chi connectivity index (χ2n) is 8.65. The summed E-state index contributed by atoms with van der Waals surface area (Å²) in [6, 6.07) is 21.6. The highest BCUT2D eigenvalue weighted by Crippen LogP contribution is 2.34. The largest absolute Gasteiger partial charge is 0.375 e. The zero-order valence-corrected chi connectivity index (χ0v) is 21.1. The molecule has 0 spiro atoms. The summed E-state index contributed by atoms with van der Waals surface area (Å²) < 4.78 is 16.8. The van der Waals surface area contributed by atoms with Crippen molar-refractivity contribution in [2.45, 2.75) is 24.9 Å². The molecule has 13 heteroatoms. The first kappa shape index (κ1) is 23.5. The quantitative estimate of drug-likeness (QED) is 0.201. The van der Waals surface area contributed by atoms with Crippen LogP contribution in [0.25, 0.3) is 28.5 Å². The number of rotatable bonds is 5. The number of nitrogens with two attached hydrogens (primary N) is 2. The summed E-state index contributed by atoms with van der Waals surface area (Å²) >= 11 is 10.6. The Kier molecular flexibility index (Phi) is 6.04. The van der Waals surface area contributed by atoms with Gasteiger partial charge in [-0.2, -0.15) is 19.6 Å². The fraction of sp³-hybridized carbons (Fsp3) is 0.208. The van der Waals surface area contributed by atoms with Gasteiger partial charge in [0.1, 0.15) is 6.10 Å². The Morgan fingerprint density at radius 3 is 2.46 bits per heavy atom. The topological polar surface area (TPSA) is 135 Å². The van der Waals surface area contributed by atoms with Gasteiger partial charge < -0.3 is 21.1 Å². The summed E-state index contributed by atoms with van der Waals surface area (Å²) in [5.41, 5.74) is 12.3. The van der Waals surface area contributed by atoms with Crippen LogP contribution in [0.4, 0.5) is 0 Å². The van der Waals surface area contributed by atoms with Crippen molar-refractivity contribution in [2.24, 2.45) is 10.8 Å². The Balaban J connectivity index is 1.44. The molecule has 2 aliphatic rings. The van der Waals surface area contributed by atoms with Crippen LogP contribution >= 0.6 is 24.4 Å². The zero-order chi connectivity index (χ0) is 25.5. The highest BCUT2D eigenvalue weighted by atomic mass is 32.1. The Labute approximate surface area is 222 Å². The summed E-state index contributed by atoms with van der Waals surface area (Å²) in [5.74, 6) is 6.85. The fourth-order valence-corrected chi connectivity index (χ4v) is 4.85. The lowest BCUT2D eigenvalue weighted by atomic mass is 10.0. The number of hydrogen-bond acceptors (Lipinski definition) is 8. The summed E-state index contributed by atoms with van der Waals surface area (Å²) in [7, 11) is 0. The van der Waals surface area contributed by atoms with Crippen molar-refractivity contribution in [2.75, 3.05) is 12.4 Å². The van der Waals surface area contributed by atoms with Crippen LogP contribution in [0.2, 0.25) is 0 Å². The molecule has 0 unspecified atom stereocenters. The van der Waals surface area contributed by atoms with E-state index in [0.717, 1.165) is 22.5 Å². The molecule has 4 heterocycles. The van der Waals surface area contributed by atoms with Gasteiger partial charge in [-0.25, -0.2) is 4.68 Å². The third-order valence-electron chi connectivity index (χ3n) is 6.31. The highest BCUT2D eigenvalue weighted by molar-refractivity contribution is 7.80. The molecular weight excluding hydrogens is 510 g/mol. The van der Waals surface area contributed by atoms with E-state index in [2.05, 4.69) is 10.5 Å². The maximum absolute atomic E-state index is 6.49. The second kappa shape index (κ2) is 9.52. The Morgan fingerprint density at radius 1 is 1.05 bits per heavy atom. The minimum absolute atomic E-state index is 0.0515. The number of nitrogen functional groups attached to an aromatic ring is 1. The van der Waals surface area contributed by atoms with E-state index in [4.69, 9.17) is 55.7 Å². The number of nitrogens with one attached hydrogen (secondary N) is 1. The average molecular weight is 534 g/mol. The molecule has 0 radical (unpaired) electrons. The van der Waals surface area contributed by atoms with E-state index < -0.39 is 6.29 Å². The van der Waals surface area contributed by atoms with Crippen molar-refractivity contribution in [3.05, 3.63) is 71.5 Å². The van der Waals surface area contributed by atoms with Crippen molar-refractivity contribution in [1.82, 2.24) is 29.7 Å².